The Kier molecular flexibility index (Phi) is 7.58. The van der Waals surface area contributed by atoms with Gasteiger partial charge in [-0.15, -0.1) is 11.8 Å². The van der Waals surface area contributed by atoms with Gasteiger partial charge in [0.25, 0.3) is 0 Å². The van der Waals surface area contributed by atoms with Crippen molar-refractivity contribution in [2.75, 3.05) is 31.5 Å². The Morgan fingerprint density at radius 1 is 1.10 bits per heavy atom. The van der Waals surface area contributed by atoms with Crippen LogP contribution in [0.15, 0.2) is 29.2 Å². The maximum Gasteiger partial charge on any atom is 0.183 e. The van der Waals surface area contributed by atoms with Crippen molar-refractivity contribution in [2.24, 2.45) is 0 Å². The van der Waals surface area contributed by atoms with Gasteiger partial charge in [-0.3, -0.25) is 0 Å². The summed E-state index contributed by atoms with van der Waals surface area (Å²) in [5.74, 6) is 1.08. The van der Waals surface area contributed by atoms with Crippen molar-refractivity contribution in [1.29, 1.82) is 0 Å². The first kappa shape index (κ1) is 17.5. The van der Waals surface area contributed by atoms with E-state index in [4.69, 9.17) is 9.47 Å². The second-order valence-corrected chi connectivity index (χ2v) is 7.84. The van der Waals surface area contributed by atoms with E-state index in [-0.39, 0.29) is 17.8 Å². The summed E-state index contributed by atoms with van der Waals surface area (Å²) < 4.78 is 33.5. The number of rotatable bonds is 9. The Balaban J connectivity index is 2.50. The van der Waals surface area contributed by atoms with Gasteiger partial charge in [0.1, 0.15) is 0 Å². The molecule has 0 saturated heterocycles. The molecule has 0 aliphatic heterocycles. The monoisotopic (exact) mass is 318 g/mol. The highest BCUT2D eigenvalue weighted by molar-refractivity contribution is 8.00. The van der Waals surface area contributed by atoms with Crippen LogP contribution in [0.2, 0.25) is 0 Å². The Hall–Kier alpha value is -0.560. The van der Waals surface area contributed by atoms with Crippen LogP contribution in [0.4, 0.5) is 0 Å². The van der Waals surface area contributed by atoms with E-state index < -0.39 is 9.84 Å². The van der Waals surface area contributed by atoms with Crippen LogP contribution in [0.5, 0.6) is 0 Å². The highest BCUT2D eigenvalue weighted by Gasteiger charge is 2.10. The fourth-order valence-corrected chi connectivity index (χ4v) is 4.53. The van der Waals surface area contributed by atoms with Crippen molar-refractivity contribution in [1.82, 2.24) is 0 Å². The van der Waals surface area contributed by atoms with Crippen molar-refractivity contribution in [3.63, 3.8) is 0 Å². The summed E-state index contributed by atoms with van der Waals surface area (Å²) in [6, 6.07) is 7.77. The molecule has 0 radical (unpaired) electrons. The van der Waals surface area contributed by atoms with Gasteiger partial charge in [-0.2, -0.15) is 0 Å². The van der Waals surface area contributed by atoms with E-state index >= 15 is 0 Å². The number of benzene rings is 1. The van der Waals surface area contributed by atoms with Gasteiger partial charge in [0.05, 0.1) is 5.75 Å². The molecule has 0 atom stereocenters. The van der Waals surface area contributed by atoms with Gasteiger partial charge in [0.2, 0.25) is 0 Å². The lowest BCUT2D eigenvalue weighted by Crippen LogP contribution is -2.12. The molecule has 0 N–H and O–H groups in total. The number of ether oxygens (including phenoxy) is 2. The van der Waals surface area contributed by atoms with Crippen molar-refractivity contribution >= 4 is 21.6 Å². The summed E-state index contributed by atoms with van der Waals surface area (Å²) in [4.78, 5) is 1.05. The lowest BCUT2D eigenvalue weighted by molar-refractivity contribution is -0.106. The van der Waals surface area contributed by atoms with Crippen LogP contribution in [-0.2, 0) is 19.3 Å². The molecule has 4 nitrogen and oxygen atoms in total. The highest BCUT2D eigenvalue weighted by Crippen LogP contribution is 2.23. The fourth-order valence-electron chi connectivity index (χ4n) is 1.79. The number of hydrogen-bond acceptors (Lipinski definition) is 5. The summed E-state index contributed by atoms with van der Waals surface area (Å²) in [7, 11) is 0.293. The van der Waals surface area contributed by atoms with Crippen LogP contribution in [0.1, 0.15) is 25.2 Å². The fraction of sp³-hybridized carbons (Fsp3) is 0.571. The third-order valence-corrected chi connectivity index (χ3v) is 5.89. The Morgan fingerprint density at radius 2 is 1.70 bits per heavy atom. The normalized spacial score (nSPS) is 12.0. The maximum atomic E-state index is 11.6. The smallest absolute Gasteiger partial charge is 0.183 e. The first-order valence-electron chi connectivity index (χ1n) is 6.51. The molecule has 0 fully saturated rings. The van der Waals surface area contributed by atoms with Gasteiger partial charge in [0, 0.05) is 36.2 Å². The molecule has 0 saturated carbocycles. The summed E-state index contributed by atoms with van der Waals surface area (Å²) in [6.45, 7) is 1.88. The molecule has 0 amide bonds. The van der Waals surface area contributed by atoms with Crippen LogP contribution < -0.4 is 0 Å². The van der Waals surface area contributed by atoms with E-state index in [1.54, 1.807) is 26.0 Å². The molecule has 1 rings (SSSR count). The van der Waals surface area contributed by atoms with Crippen molar-refractivity contribution in [2.45, 2.75) is 24.5 Å². The number of methoxy groups -OCH3 is 2. The van der Waals surface area contributed by atoms with Crippen molar-refractivity contribution < 1.29 is 17.9 Å². The topological polar surface area (TPSA) is 52.6 Å². The van der Waals surface area contributed by atoms with E-state index in [2.05, 4.69) is 0 Å². The second-order valence-electron chi connectivity index (χ2n) is 4.37. The van der Waals surface area contributed by atoms with Crippen LogP contribution in [0.3, 0.4) is 0 Å². The minimum Gasteiger partial charge on any atom is -0.352 e. The van der Waals surface area contributed by atoms with Gasteiger partial charge in [-0.25, -0.2) is 8.42 Å². The Bertz CT molecular complexity index is 478. The molecular weight excluding hydrogens is 296 g/mol. The molecule has 1 aromatic rings. The lowest BCUT2D eigenvalue weighted by atomic mass is 10.2. The summed E-state index contributed by atoms with van der Waals surface area (Å²) in [5, 5.41) is 0. The first-order valence-corrected chi connectivity index (χ1v) is 9.32. The predicted octanol–water partition coefficient (Wildman–Crippen LogP) is 2.89. The summed E-state index contributed by atoms with van der Waals surface area (Å²) in [6.07, 6.45) is 0.316. The molecule has 0 aliphatic rings. The molecular formula is C14H22O4S2. The average molecular weight is 318 g/mol. The molecule has 20 heavy (non-hydrogen) atoms. The molecule has 114 valence electrons. The van der Waals surface area contributed by atoms with E-state index in [0.29, 0.717) is 12.2 Å². The third kappa shape index (κ3) is 5.83. The Morgan fingerprint density at radius 3 is 2.20 bits per heavy atom. The van der Waals surface area contributed by atoms with Crippen molar-refractivity contribution in [3.05, 3.63) is 29.8 Å². The van der Waals surface area contributed by atoms with Crippen LogP contribution in [0.25, 0.3) is 0 Å². The highest BCUT2D eigenvalue weighted by atomic mass is 32.2. The van der Waals surface area contributed by atoms with E-state index in [1.165, 1.54) is 0 Å². The van der Waals surface area contributed by atoms with Gasteiger partial charge in [0.15, 0.2) is 16.1 Å². The predicted molar refractivity (Wildman–Crippen MR) is 82.9 cm³/mol. The van der Waals surface area contributed by atoms with E-state index in [1.807, 2.05) is 31.2 Å². The zero-order valence-electron chi connectivity index (χ0n) is 12.2. The lowest BCUT2D eigenvalue weighted by Gasteiger charge is -2.13. The summed E-state index contributed by atoms with van der Waals surface area (Å²) in [5.41, 5.74) is 0.943. The van der Waals surface area contributed by atoms with Crippen LogP contribution in [0, 0.1) is 0 Å². The zero-order chi connectivity index (χ0) is 15.0. The quantitative estimate of drug-likeness (QED) is 0.517. The molecule has 1 aromatic carbocycles. The van der Waals surface area contributed by atoms with Gasteiger partial charge >= 0.3 is 0 Å². The van der Waals surface area contributed by atoms with E-state index in [9.17, 15) is 8.42 Å². The zero-order valence-corrected chi connectivity index (χ0v) is 13.8. The number of thioether (sulfide) groups is 1. The Labute approximate surface area is 125 Å². The minimum atomic E-state index is -2.89. The van der Waals surface area contributed by atoms with Crippen molar-refractivity contribution in [3.8, 4) is 0 Å². The largest absolute Gasteiger partial charge is 0.352 e. The standard InChI is InChI=1S/C14H22O4S2/c1-4-10-20(15,16)11-9-19-13-7-5-12(6-8-13)14(17-2)18-3/h5-8,14H,4,9-11H2,1-3H3. The SMILES string of the molecule is CCCS(=O)(=O)CCSc1ccc(C(OC)OC)cc1. The van der Waals surface area contributed by atoms with Crippen LogP contribution >= 0.6 is 11.8 Å². The molecule has 0 aliphatic carbocycles. The van der Waals surface area contributed by atoms with E-state index in [0.717, 1.165) is 10.5 Å². The molecule has 0 heterocycles. The molecule has 6 heteroatoms. The average Bonchev–Trinajstić information content (AvgIpc) is 2.41. The minimum absolute atomic E-state index is 0.228. The van der Waals surface area contributed by atoms with Gasteiger partial charge < -0.3 is 9.47 Å². The molecule has 0 bridgehead atoms. The molecule has 0 unspecified atom stereocenters. The number of hydrogen-bond donors (Lipinski definition) is 0. The van der Waals surface area contributed by atoms with Gasteiger partial charge in [-0.1, -0.05) is 19.1 Å². The number of sulfone groups is 1. The second kappa shape index (κ2) is 8.67. The van der Waals surface area contributed by atoms with Gasteiger partial charge in [-0.05, 0) is 18.6 Å². The molecule has 0 aromatic heterocycles. The van der Waals surface area contributed by atoms with Crippen LogP contribution in [-0.4, -0.2) is 39.9 Å². The first-order chi connectivity index (χ1) is 9.52. The molecule has 0 spiro atoms. The maximum absolute atomic E-state index is 11.6. The third-order valence-electron chi connectivity index (χ3n) is 2.76. The summed E-state index contributed by atoms with van der Waals surface area (Å²) >= 11 is 1.55.